The maximum Gasteiger partial charge on any atom is 0.251 e. The standard InChI is InChI=1S/C16H18N4OS/c1-11(2)12-3-5-13(6-4-12)15(21)17-8-7-14-9-22-16-19-18-10-20(14)16/h3-6,9-11H,7-8H2,1-2H3,(H,17,21). The first-order valence-electron chi connectivity index (χ1n) is 7.29. The summed E-state index contributed by atoms with van der Waals surface area (Å²) in [5.74, 6) is 0.437. The van der Waals surface area contributed by atoms with Crippen LogP contribution in [0.4, 0.5) is 0 Å². The van der Waals surface area contributed by atoms with Crippen LogP contribution in [-0.4, -0.2) is 27.0 Å². The predicted octanol–water partition coefficient (Wildman–Crippen LogP) is 2.89. The molecule has 0 bridgehead atoms. The number of carbonyl (C=O) groups is 1. The van der Waals surface area contributed by atoms with Crippen molar-refractivity contribution in [3.8, 4) is 0 Å². The van der Waals surface area contributed by atoms with E-state index in [9.17, 15) is 4.79 Å². The molecule has 5 nitrogen and oxygen atoms in total. The second-order valence-electron chi connectivity index (χ2n) is 5.49. The number of thiazole rings is 1. The summed E-state index contributed by atoms with van der Waals surface area (Å²) in [6.07, 6.45) is 2.46. The van der Waals surface area contributed by atoms with E-state index >= 15 is 0 Å². The minimum absolute atomic E-state index is 0.0365. The van der Waals surface area contributed by atoms with Crippen LogP contribution in [-0.2, 0) is 6.42 Å². The van der Waals surface area contributed by atoms with Crippen molar-refractivity contribution in [3.05, 3.63) is 52.8 Å². The highest BCUT2D eigenvalue weighted by molar-refractivity contribution is 7.15. The van der Waals surface area contributed by atoms with E-state index in [0.29, 0.717) is 18.0 Å². The first kappa shape index (κ1) is 14.7. The number of amides is 1. The van der Waals surface area contributed by atoms with E-state index in [4.69, 9.17) is 0 Å². The van der Waals surface area contributed by atoms with Crippen LogP contribution in [0.1, 0.15) is 41.4 Å². The van der Waals surface area contributed by atoms with Gasteiger partial charge in [-0.05, 0) is 23.6 Å². The van der Waals surface area contributed by atoms with Gasteiger partial charge in [-0.3, -0.25) is 9.20 Å². The summed E-state index contributed by atoms with van der Waals surface area (Å²) in [5, 5.41) is 12.9. The van der Waals surface area contributed by atoms with E-state index in [1.807, 2.05) is 34.0 Å². The Balaban J connectivity index is 1.57. The van der Waals surface area contributed by atoms with E-state index in [1.54, 1.807) is 17.7 Å². The summed E-state index contributed by atoms with van der Waals surface area (Å²) in [4.78, 5) is 13.0. The van der Waals surface area contributed by atoms with Gasteiger partial charge >= 0.3 is 0 Å². The molecule has 0 saturated carbocycles. The van der Waals surface area contributed by atoms with Crippen molar-refractivity contribution in [2.45, 2.75) is 26.2 Å². The molecule has 3 rings (SSSR count). The molecule has 1 amide bonds. The Morgan fingerprint density at radius 2 is 2.09 bits per heavy atom. The molecule has 0 aliphatic carbocycles. The Labute approximate surface area is 133 Å². The van der Waals surface area contributed by atoms with Gasteiger partial charge in [0, 0.05) is 29.6 Å². The zero-order valence-electron chi connectivity index (χ0n) is 12.6. The number of benzene rings is 1. The van der Waals surface area contributed by atoms with Crippen molar-refractivity contribution in [1.29, 1.82) is 0 Å². The molecule has 0 spiro atoms. The van der Waals surface area contributed by atoms with Crippen LogP contribution < -0.4 is 5.32 Å². The molecule has 0 saturated heterocycles. The molecule has 0 unspecified atom stereocenters. The fourth-order valence-corrected chi connectivity index (χ4v) is 3.13. The molecule has 2 aromatic heterocycles. The second kappa shape index (κ2) is 6.27. The first-order valence-corrected chi connectivity index (χ1v) is 8.17. The Hall–Kier alpha value is -2.21. The maximum absolute atomic E-state index is 12.1. The van der Waals surface area contributed by atoms with Gasteiger partial charge in [-0.25, -0.2) is 0 Å². The zero-order valence-corrected chi connectivity index (χ0v) is 13.4. The van der Waals surface area contributed by atoms with Crippen LogP contribution in [0.3, 0.4) is 0 Å². The number of hydrogen-bond acceptors (Lipinski definition) is 4. The van der Waals surface area contributed by atoms with Gasteiger partial charge in [-0.1, -0.05) is 26.0 Å². The fourth-order valence-electron chi connectivity index (χ4n) is 2.28. The lowest BCUT2D eigenvalue weighted by Crippen LogP contribution is -2.25. The topological polar surface area (TPSA) is 59.3 Å². The fraction of sp³-hybridized carbons (Fsp3) is 0.312. The Morgan fingerprint density at radius 3 is 2.82 bits per heavy atom. The Bertz CT molecular complexity index is 773. The molecule has 0 atom stereocenters. The second-order valence-corrected chi connectivity index (χ2v) is 6.33. The molecule has 1 N–H and O–H groups in total. The van der Waals surface area contributed by atoms with Crippen molar-refractivity contribution in [2.75, 3.05) is 6.54 Å². The average molecular weight is 314 g/mol. The third kappa shape index (κ3) is 3.01. The monoisotopic (exact) mass is 314 g/mol. The highest BCUT2D eigenvalue weighted by atomic mass is 32.1. The van der Waals surface area contributed by atoms with E-state index in [2.05, 4.69) is 29.4 Å². The van der Waals surface area contributed by atoms with Crippen molar-refractivity contribution in [2.24, 2.45) is 0 Å². The van der Waals surface area contributed by atoms with Crippen LogP contribution in [0, 0.1) is 0 Å². The number of aromatic nitrogens is 3. The van der Waals surface area contributed by atoms with Crippen LogP contribution in [0.25, 0.3) is 4.96 Å². The van der Waals surface area contributed by atoms with Gasteiger partial charge in [0.15, 0.2) is 0 Å². The van der Waals surface area contributed by atoms with Gasteiger partial charge in [-0.2, -0.15) is 0 Å². The molecule has 6 heteroatoms. The number of nitrogens with one attached hydrogen (secondary N) is 1. The van der Waals surface area contributed by atoms with Gasteiger partial charge in [0.2, 0.25) is 4.96 Å². The van der Waals surface area contributed by atoms with E-state index in [1.165, 1.54) is 5.56 Å². The van der Waals surface area contributed by atoms with Crippen LogP contribution in [0.5, 0.6) is 0 Å². The number of carbonyl (C=O) groups excluding carboxylic acids is 1. The van der Waals surface area contributed by atoms with Gasteiger partial charge < -0.3 is 5.32 Å². The number of fused-ring (bicyclic) bond motifs is 1. The minimum atomic E-state index is -0.0365. The quantitative estimate of drug-likeness (QED) is 0.788. The Kier molecular flexibility index (Phi) is 4.20. The summed E-state index contributed by atoms with van der Waals surface area (Å²) < 4.78 is 1.95. The van der Waals surface area contributed by atoms with Gasteiger partial charge in [-0.15, -0.1) is 21.5 Å². The molecule has 114 valence electrons. The summed E-state index contributed by atoms with van der Waals surface area (Å²) in [7, 11) is 0. The molecular weight excluding hydrogens is 296 g/mol. The molecule has 0 aliphatic heterocycles. The van der Waals surface area contributed by atoms with Crippen LogP contribution in [0.2, 0.25) is 0 Å². The van der Waals surface area contributed by atoms with Gasteiger partial charge in [0.1, 0.15) is 6.33 Å². The van der Waals surface area contributed by atoms with Gasteiger partial charge in [0.25, 0.3) is 5.91 Å². The minimum Gasteiger partial charge on any atom is -0.352 e. The van der Waals surface area contributed by atoms with Crippen molar-refractivity contribution >= 4 is 22.2 Å². The van der Waals surface area contributed by atoms with Gasteiger partial charge in [0.05, 0.1) is 0 Å². The molecule has 3 aromatic rings. The average Bonchev–Trinajstić information content (AvgIpc) is 3.12. The predicted molar refractivity (Wildman–Crippen MR) is 87.4 cm³/mol. The van der Waals surface area contributed by atoms with E-state index < -0.39 is 0 Å². The van der Waals surface area contributed by atoms with Crippen molar-refractivity contribution in [1.82, 2.24) is 19.9 Å². The first-order chi connectivity index (χ1) is 10.6. The van der Waals surface area contributed by atoms with Crippen molar-refractivity contribution in [3.63, 3.8) is 0 Å². The normalized spacial score (nSPS) is 11.2. The molecular formula is C16H18N4OS. The molecule has 0 radical (unpaired) electrons. The molecule has 0 aliphatic rings. The largest absolute Gasteiger partial charge is 0.352 e. The number of nitrogens with zero attached hydrogens (tertiary/aromatic N) is 3. The number of rotatable bonds is 5. The van der Waals surface area contributed by atoms with E-state index in [0.717, 1.165) is 17.1 Å². The zero-order chi connectivity index (χ0) is 15.5. The summed E-state index contributed by atoms with van der Waals surface area (Å²) in [6, 6.07) is 7.79. The SMILES string of the molecule is CC(C)c1ccc(C(=O)NCCc2csc3nncn23)cc1. The lowest BCUT2D eigenvalue weighted by Gasteiger charge is -2.08. The van der Waals surface area contributed by atoms with Crippen molar-refractivity contribution < 1.29 is 4.79 Å². The Morgan fingerprint density at radius 1 is 1.32 bits per heavy atom. The molecule has 1 aromatic carbocycles. The summed E-state index contributed by atoms with van der Waals surface area (Å²) in [5.41, 5.74) is 3.05. The maximum atomic E-state index is 12.1. The summed E-state index contributed by atoms with van der Waals surface area (Å²) >= 11 is 1.56. The van der Waals surface area contributed by atoms with E-state index in [-0.39, 0.29) is 5.91 Å². The molecule has 0 fully saturated rings. The van der Waals surface area contributed by atoms with Crippen LogP contribution >= 0.6 is 11.3 Å². The third-order valence-electron chi connectivity index (χ3n) is 3.63. The lowest BCUT2D eigenvalue weighted by molar-refractivity contribution is 0.0954. The summed E-state index contributed by atoms with van der Waals surface area (Å²) in [6.45, 7) is 4.87. The number of hydrogen-bond donors (Lipinski definition) is 1. The smallest absolute Gasteiger partial charge is 0.251 e. The third-order valence-corrected chi connectivity index (χ3v) is 4.51. The molecule has 2 heterocycles. The highest BCUT2D eigenvalue weighted by Gasteiger charge is 2.08. The lowest BCUT2D eigenvalue weighted by atomic mass is 10.0. The van der Waals surface area contributed by atoms with Crippen LogP contribution in [0.15, 0.2) is 36.0 Å². The highest BCUT2D eigenvalue weighted by Crippen LogP contribution is 2.15. The molecule has 22 heavy (non-hydrogen) atoms.